The number of fused-ring (bicyclic) bond motifs is 2. The van der Waals surface area contributed by atoms with Crippen molar-refractivity contribution in [2.75, 3.05) is 25.4 Å². The van der Waals surface area contributed by atoms with Crippen LogP contribution in [0.25, 0.3) is 21.9 Å². The van der Waals surface area contributed by atoms with Gasteiger partial charge in [-0.15, -0.1) is 11.8 Å². The van der Waals surface area contributed by atoms with Crippen LogP contribution in [0.3, 0.4) is 0 Å². The highest BCUT2D eigenvalue weighted by Crippen LogP contribution is 2.42. The largest absolute Gasteiger partial charge is 0.455 e. The summed E-state index contributed by atoms with van der Waals surface area (Å²) in [5.74, 6) is -0.406. The van der Waals surface area contributed by atoms with Crippen molar-refractivity contribution in [3.63, 3.8) is 0 Å². The molecule has 1 heterocycles. The topological polar surface area (TPSA) is 63.7 Å². The number of amides is 1. The number of thioether (sulfide) groups is 1. The summed E-state index contributed by atoms with van der Waals surface area (Å²) >= 11 is 1.37. The van der Waals surface area contributed by atoms with Crippen molar-refractivity contribution in [2.45, 2.75) is 24.2 Å². The lowest BCUT2D eigenvalue weighted by Crippen LogP contribution is -2.38. The van der Waals surface area contributed by atoms with Gasteiger partial charge in [0.2, 0.25) is 0 Å². The van der Waals surface area contributed by atoms with Crippen LogP contribution in [0.4, 0.5) is 0 Å². The van der Waals surface area contributed by atoms with Crippen molar-refractivity contribution < 1.29 is 19.1 Å². The lowest BCUT2D eigenvalue weighted by atomic mass is 9.83. The Morgan fingerprint density at radius 1 is 0.844 bits per heavy atom. The molecular weight excluding hydrogens is 422 g/mol. The van der Waals surface area contributed by atoms with Crippen LogP contribution in [0.2, 0.25) is 0 Å². The van der Waals surface area contributed by atoms with Crippen molar-refractivity contribution >= 4 is 40.2 Å². The van der Waals surface area contributed by atoms with Gasteiger partial charge < -0.3 is 9.64 Å². The van der Waals surface area contributed by atoms with E-state index in [1.807, 2.05) is 54.6 Å². The van der Waals surface area contributed by atoms with Crippen LogP contribution in [-0.4, -0.2) is 48.0 Å². The lowest BCUT2D eigenvalue weighted by Gasteiger charge is -2.26. The molecule has 5 nitrogen and oxygen atoms in total. The van der Waals surface area contributed by atoms with E-state index in [0.29, 0.717) is 5.56 Å². The number of hydrogen-bond acceptors (Lipinski definition) is 5. The van der Waals surface area contributed by atoms with E-state index in [1.165, 1.54) is 11.8 Å². The minimum absolute atomic E-state index is 0.0245. The van der Waals surface area contributed by atoms with Gasteiger partial charge >= 0.3 is 5.97 Å². The highest BCUT2D eigenvalue weighted by atomic mass is 32.2. The molecule has 1 amide bonds. The lowest BCUT2D eigenvalue weighted by molar-refractivity contribution is -0.150. The van der Waals surface area contributed by atoms with E-state index in [-0.39, 0.29) is 24.1 Å². The Kier molecular flexibility index (Phi) is 5.70. The Labute approximate surface area is 190 Å². The van der Waals surface area contributed by atoms with Gasteiger partial charge in [0.15, 0.2) is 12.4 Å². The first kappa shape index (κ1) is 20.8. The first-order valence-corrected chi connectivity index (χ1v) is 11.9. The number of benzene rings is 3. The van der Waals surface area contributed by atoms with Gasteiger partial charge in [-0.2, -0.15) is 0 Å². The number of ether oxygens (including phenoxy) is 1. The van der Waals surface area contributed by atoms with E-state index in [4.69, 9.17) is 4.74 Å². The number of hydrogen-bond donors (Lipinski definition) is 0. The van der Waals surface area contributed by atoms with Gasteiger partial charge in [0, 0.05) is 34.5 Å². The Morgan fingerprint density at radius 2 is 1.59 bits per heavy atom. The van der Waals surface area contributed by atoms with E-state index in [2.05, 4.69) is 0 Å². The Bertz CT molecular complexity index is 1230. The molecule has 0 spiro atoms. The van der Waals surface area contributed by atoms with Crippen LogP contribution in [-0.2, 0) is 14.3 Å². The molecular formula is C26H23NO4S. The van der Waals surface area contributed by atoms with E-state index >= 15 is 0 Å². The van der Waals surface area contributed by atoms with E-state index in [9.17, 15) is 14.4 Å². The highest BCUT2D eigenvalue weighted by molar-refractivity contribution is 8.00. The fraction of sp³-hybridized carbons (Fsp3) is 0.269. The SMILES string of the molecule is O=C(CSc1ccc2c3c(cccc13)C(=O)c1ccccc1-2)OCC(=O)N1CCCCC1. The molecule has 0 atom stereocenters. The maximum Gasteiger partial charge on any atom is 0.316 e. The average molecular weight is 446 g/mol. The molecule has 5 rings (SSSR count). The summed E-state index contributed by atoms with van der Waals surface area (Å²) in [5.41, 5.74) is 3.38. The summed E-state index contributed by atoms with van der Waals surface area (Å²) in [4.78, 5) is 40.2. The fourth-order valence-electron chi connectivity index (χ4n) is 4.54. The van der Waals surface area contributed by atoms with E-state index < -0.39 is 5.97 Å². The van der Waals surface area contributed by atoms with Crippen molar-refractivity contribution in [3.05, 3.63) is 65.7 Å². The quantitative estimate of drug-likeness (QED) is 0.329. The third-order valence-electron chi connectivity index (χ3n) is 6.12. The monoisotopic (exact) mass is 445 g/mol. The van der Waals surface area contributed by atoms with Crippen molar-refractivity contribution in [2.24, 2.45) is 0 Å². The second kappa shape index (κ2) is 8.79. The predicted octanol–water partition coefficient (Wildman–Crippen LogP) is 4.70. The van der Waals surface area contributed by atoms with Crippen molar-refractivity contribution in [3.8, 4) is 11.1 Å². The van der Waals surface area contributed by atoms with Crippen LogP contribution in [0.5, 0.6) is 0 Å². The van der Waals surface area contributed by atoms with E-state index in [1.54, 1.807) is 4.90 Å². The standard InChI is InChI=1S/C26H23NO4S/c28-23(27-13-4-1-5-14-27)15-31-24(29)16-32-22-12-11-18-17-7-2-3-8-19(17)26(30)21-10-6-9-20(22)25(18)21/h2-3,6-12H,1,4-5,13-16H2. The molecule has 1 saturated heterocycles. The summed E-state index contributed by atoms with van der Waals surface area (Å²) in [6.07, 6.45) is 3.16. The normalized spacial score (nSPS) is 14.9. The second-order valence-corrected chi connectivity index (χ2v) is 9.12. The van der Waals surface area contributed by atoms with Gasteiger partial charge in [-0.25, -0.2) is 0 Å². The van der Waals surface area contributed by atoms with Crippen LogP contribution < -0.4 is 0 Å². The van der Waals surface area contributed by atoms with Crippen LogP contribution >= 0.6 is 11.8 Å². The van der Waals surface area contributed by atoms with Crippen LogP contribution in [0.15, 0.2) is 59.5 Å². The number of carbonyl (C=O) groups is 3. The van der Waals surface area contributed by atoms with Crippen LogP contribution in [0.1, 0.15) is 35.2 Å². The number of rotatable bonds is 5. The molecule has 0 bridgehead atoms. The number of esters is 1. The minimum atomic E-state index is -0.415. The smallest absolute Gasteiger partial charge is 0.316 e. The van der Waals surface area contributed by atoms with Gasteiger partial charge in [0.25, 0.3) is 5.91 Å². The Morgan fingerprint density at radius 3 is 2.41 bits per heavy atom. The first-order valence-electron chi connectivity index (χ1n) is 10.9. The number of ketones is 1. The molecule has 0 aromatic heterocycles. The van der Waals surface area contributed by atoms with Gasteiger partial charge in [-0.05, 0) is 41.8 Å². The van der Waals surface area contributed by atoms with Gasteiger partial charge in [-0.3, -0.25) is 14.4 Å². The predicted molar refractivity (Wildman–Crippen MR) is 125 cm³/mol. The zero-order valence-electron chi connectivity index (χ0n) is 17.6. The minimum Gasteiger partial charge on any atom is -0.455 e. The molecule has 3 aromatic carbocycles. The zero-order chi connectivity index (χ0) is 22.1. The van der Waals surface area contributed by atoms with Crippen LogP contribution in [0, 0.1) is 0 Å². The molecule has 162 valence electrons. The molecule has 0 unspecified atom stereocenters. The maximum absolute atomic E-state index is 13.0. The molecule has 1 aliphatic carbocycles. The molecule has 32 heavy (non-hydrogen) atoms. The number of carbonyl (C=O) groups excluding carboxylic acids is 3. The van der Waals surface area contributed by atoms with Gasteiger partial charge in [-0.1, -0.05) is 48.5 Å². The third kappa shape index (κ3) is 3.79. The Balaban J connectivity index is 1.32. The molecule has 0 radical (unpaired) electrons. The molecule has 0 saturated carbocycles. The summed E-state index contributed by atoms with van der Waals surface area (Å²) in [6.45, 7) is 1.29. The highest BCUT2D eigenvalue weighted by Gasteiger charge is 2.25. The van der Waals surface area contributed by atoms with Crippen molar-refractivity contribution in [1.82, 2.24) is 4.90 Å². The number of likely N-dealkylation sites (tertiary alicyclic amines) is 1. The van der Waals surface area contributed by atoms with E-state index in [0.717, 1.165) is 64.7 Å². The first-order chi connectivity index (χ1) is 15.6. The third-order valence-corrected chi connectivity index (χ3v) is 7.17. The summed E-state index contributed by atoms with van der Waals surface area (Å²) < 4.78 is 5.23. The fourth-order valence-corrected chi connectivity index (χ4v) is 5.38. The molecule has 6 heteroatoms. The molecule has 1 aliphatic heterocycles. The zero-order valence-corrected chi connectivity index (χ0v) is 18.5. The maximum atomic E-state index is 13.0. The summed E-state index contributed by atoms with van der Waals surface area (Å²) in [6, 6.07) is 17.4. The van der Waals surface area contributed by atoms with Crippen molar-refractivity contribution in [1.29, 1.82) is 0 Å². The molecule has 2 aliphatic rings. The molecule has 3 aromatic rings. The summed E-state index contributed by atoms with van der Waals surface area (Å²) in [7, 11) is 0. The number of nitrogens with zero attached hydrogens (tertiary/aromatic N) is 1. The number of piperidine rings is 1. The van der Waals surface area contributed by atoms with Gasteiger partial charge in [0.1, 0.15) is 0 Å². The van der Waals surface area contributed by atoms with Gasteiger partial charge in [0.05, 0.1) is 5.75 Å². The molecule has 1 fully saturated rings. The Hall–Kier alpha value is -3.12. The summed E-state index contributed by atoms with van der Waals surface area (Å²) in [5, 5.41) is 1.87. The average Bonchev–Trinajstić information content (AvgIpc) is 2.85. The second-order valence-electron chi connectivity index (χ2n) is 8.10. The molecule has 0 N–H and O–H groups in total.